The molecule has 2 aromatic heterocycles. The maximum atomic E-state index is 5.66. The number of benzene rings is 1. The van der Waals surface area contributed by atoms with Crippen LogP contribution in [0.5, 0.6) is 0 Å². The number of hydrogen-bond acceptors (Lipinski definition) is 5. The zero-order valence-electron chi connectivity index (χ0n) is 8.50. The first-order valence-corrected chi connectivity index (χ1v) is 6.03. The first-order valence-electron chi connectivity index (χ1n) is 4.84. The highest BCUT2D eigenvalue weighted by Crippen LogP contribution is 2.28. The molecule has 0 aliphatic rings. The van der Waals surface area contributed by atoms with Crippen LogP contribution in [0.4, 0.5) is 0 Å². The van der Waals surface area contributed by atoms with Crippen molar-refractivity contribution in [1.82, 2.24) is 15.2 Å². The molecule has 1 aromatic carbocycles. The van der Waals surface area contributed by atoms with E-state index in [1.165, 1.54) is 11.8 Å². The molecule has 0 aliphatic carbocycles. The maximum Gasteiger partial charge on any atom is 0.263 e. The van der Waals surface area contributed by atoms with Crippen LogP contribution in [0.15, 0.2) is 51.1 Å². The van der Waals surface area contributed by atoms with E-state index < -0.39 is 0 Å². The van der Waals surface area contributed by atoms with Crippen molar-refractivity contribution in [3.8, 4) is 0 Å². The van der Waals surface area contributed by atoms with Crippen LogP contribution >= 0.6 is 23.4 Å². The number of aromatic nitrogens is 3. The Bertz CT molecular complexity index is 620. The van der Waals surface area contributed by atoms with Crippen LogP contribution in [0, 0.1) is 0 Å². The second-order valence-electron chi connectivity index (χ2n) is 3.24. The molecular formula is C11H6ClN3OS. The molecule has 6 heteroatoms. The van der Waals surface area contributed by atoms with E-state index >= 15 is 0 Å². The van der Waals surface area contributed by atoms with Crippen molar-refractivity contribution >= 4 is 34.5 Å². The molecule has 84 valence electrons. The van der Waals surface area contributed by atoms with E-state index in [0.29, 0.717) is 15.4 Å². The van der Waals surface area contributed by atoms with Crippen molar-refractivity contribution in [3.63, 3.8) is 0 Å². The van der Waals surface area contributed by atoms with Gasteiger partial charge in [-0.2, -0.15) is 0 Å². The molecule has 0 fully saturated rings. The van der Waals surface area contributed by atoms with Crippen molar-refractivity contribution in [2.75, 3.05) is 0 Å². The van der Waals surface area contributed by atoms with Crippen LogP contribution in [-0.4, -0.2) is 15.2 Å². The third-order valence-corrected chi connectivity index (χ3v) is 3.05. The van der Waals surface area contributed by atoms with Crippen LogP contribution in [0.2, 0.25) is 5.15 Å². The molecule has 3 rings (SSSR count). The molecule has 0 bridgehead atoms. The highest BCUT2D eigenvalue weighted by molar-refractivity contribution is 7.99. The van der Waals surface area contributed by atoms with Gasteiger partial charge in [0.1, 0.15) is 10.5 Å². The smallest absolute Gasteiger partial charge is 0.263 e. The van der Waals surface area contributed by atoms with E-state index in [1.54, 1.807) is 12.1 Å². The first kappa shape index (κ1) is 10.6. The van der Waals surface area contributed by atoms with E-state index in [0.717, 1.165) is 11.1 Å². The Balaban J connectivity index is 1.92. The fraction of sp³-hybridized carbons (Fsp3) is 0. The molecule has 4 nitrogen and oxygen atoms in total. The molecule has 0 saturated carbocycles. The Hall–Kier alpha value is -1.59. The number of rotatable bonds is 2. The minimum Gasteiger partial charge on any atom is -0.431 e. The van der Waals surface area contributed by atoms with E-state index in [1.807, 2.05) is 24.3 Å². The molecule has 17 heavy (non-hydrogen) atoms. The Kier molecular flexibility index (Phi) is 2.70. The SMILES string of the molecule is Clc1ccc(Sc2nc3ccccc3o2)nn1. The van der Waals surface area contributed by atoms with Gasteiger partial charge in [-0.1, -0.05) is 23.7 Å². The van der Waals surface area contributed by atoms with E-state index in [-0.39, 0.29) is 0 Å². The van der Waals surface area contributed by atoms with E-state index in [4.69, 9.17) is 16.0 Å². The fourth-order valence-electron chi connectivity index (χ4n) is 1.34. The fourth-order valence-corrected chi connectivity index (χ4v) is 2.12. The van der Waals surface area contributed by atoms with Gasteiger partial charge in [-0.05, 0) is 36.0 Å². The summed E-state index contributed by atoms with van der Waals surface area (Å²) in [5, 5.41) is 9.29. The summed E-state index contributed by atoms with van der Waals surface area (Å²) in [7, 11) is 0. The lowest BCUT2D eigenvalue weighted by Crippen LogP contribution is -1.84. The molecule has 0 aliphatic heterocycles. The van der Waals surface area contributed by atoms with Gasteiger partial charge in [-0.25, -0.2) is 4.98 Å². The standard InChI is InChI=1S/C11H6ClN3OS/c12-9-5-6-10(15-14-9)17-11-13-7-3-1-2-4-8(7)16-11/h1-6H. The lowest BCUT2D eigenvalue weighted by Gasteiger charge is -1.93. The molecule has 0 unspecified atom stereocenters. The van der Waals surface area contributed by atoms with Crippen molar-refractivity contribution in [2.24, 2.45) is 0 Å². The van der Waals surface area contributed by atoms with Crippen LogP contribution in [0.25, 0.3) is 11.1 Å². The molecule has 0 saturated heterocycles. The van der Waals surface area contributed by atoms with Gasteiger partial charge in [-0.15, -0.1) is 10.2 Å². The van der Waals surface area contributed by atoms with Gasteiger partial charge in [0.2, 0.25) is 0 Å². The summed E-state index contributed by atoms with van der Waals surface area (Å²) in [6, 6.07) is 11.1. The van der Waals surface area contributed by atoms with Crippen LogP contribution in [-0.2, 0) is 0 Å². The number of fused-ring (bicyclic) bond motifs is 1. The average molecular weight is 264 g/mol. The zero-order valence-corrected chi connectivity index (χ0v) is 10.1. The third kappa shape index (κ3) is 2.25. The number of oxazole rings is 1. The van der Waals surface area contributed by atoms with Gasteiger partial charge in [-0.3, -0.25) is 0 Å². The number of hydrogen-bond donors (Lipinski definition) is 0. The molecule has 0 radical (unpaired) electrons. The van der Waals surface area contributed by atoms with Crippen molar-refractivity contribution in [2.45, 2.75) is 10.2 Å². The van der Waals surface area contributed by atoms with Crippen LogP contribution in [0.1, 0.15) is 0 Å². The minimum absolute atomic E-state index is 0.368. The lowest BCUT2D eigenvalue weighted by molar-refractivity contribution is 0.489. The van der Waals surface area contributed by atoms with Gasteiger partial charge in [0.15, 0.2) is 10.7 Å². The van der Waals surface area contributed by atoms with Crippen LogP contribution in [0.3, 0.4) is 0 Å². The van der Waals surface area contributed by atoms with Gasteiger partial charge in [0.05, 0.1) is 0 Å². The van der Waals surface area contributed by atoms with Crippen molar-refractivity contribution in [3.05, 3.63) is 41.6 Å². The maximum absolute atomic E-state index is 5.66. The predicted molar refractivity (Wildman–Crippen MR) is 65.2 cm³/mol. The summed E-state index contributed by atoms with van der Waals surface area (Å²) in [5.41, 5.74) is 1.59. The monoisotopic (exact) mass is 263 g/mol. The summed E-state index contributed by atoms with van der Waals surface area (Å²) >= 11 is 6.97. The van der Waals surface area contributed by atoms with E-state index in [2.05, 4.69) is 15.2 Å². The highest BCUT2D eigenvalue weighted by Gasteiger charge is 2.07. The molecule has 0 amide bonds. The molecule has 3 aromatic rings. The lowest BCUT2D eigenvalue weighted by atomic mass is 10.3. The van der Waals surface area contributed by atoms with Crippen molar-refractivity contribution in [1.29, 1.82) is 0 Å². The first-order chi connectivity index (χ1) is 8.31. The summed E-state index contributed by atoms with van der Waals surface area (Å²) < 4.78 is 5.55. The predicted octanol–water partition coefficient (Wildman–Crippen LogP) is 3.42. The van der Waals surface area contributed by atoms with Gasteiger partial charge < -0.3 is 4.42 Å². The molecule has 0 atom stereocenters. The largest absolute Gasteiger partial charge is 0.431 e. The van der Waals surface area contributed by atoms with Crippen LogP contribution < -0.4 is 0 Å². The molecular weight excluding hydrogens is 258 g/mol. The molecule has 0 N–H and O–H groups in total. The van der Waals surface area contributed by atoms with Gasteiger partial charge >= 0.3 is 0 Å². The van der Waals surface area contributed by atoms with Gasteiger partial charge in [0, 0.05) is 0 Å². The Morgan fingerprint density at radius 1 is 1.06 bits per heavy atom. The van der Waals surface area contributed by atoms with E-state index in [9.17, 15) is 0 Å². The average Bonchev–Trinajstić information content (AvgIpc) is 2.74. The highest BCUT2D eigenvalue weighted by atomic mass is 35.5. The Morgan fingerprint density at radius 2 is 1.94 bits per heavy atom. The second-order valence-corrected chi connectivity index (χ2v) is 4.60. The summed E-state index contributed by atoms with van der Waals surface area (Å²) in [5.74, 6) is 0. The van der Waals surface area contributed by atoms with Gasteiger partial charge in [0.25, 0.3) is 5.22 Å². The number of halogens is 1. The number of para-hydroxylation sites is 2. The normalized spacial score (nSPS) is 10.9. The minimum atomic E-state index is 0.368. The third-order valence-electron chi connectivity index (χ3n) is 2.07. The quantitative estimate of drug-likeness (QED) is 0.709. The summed E-state index contributed by atoms with van der Waals surface area (Å²) in [6.07, 6.45) is 0. The molecule has 0 spiro atoms. The summed E-state index contributed by atoms with van der Waals surface area (Å²) in [6.45, 7) is 0. The second kappa shape index (κ2) is 4.35. The Morgan fingerprint density at radius 3 is 2.71 bits per heavy atom. The summed E-state index contributed by atoms with van der Waals surface area (Å²) in [4.78, 5) is 4.33. The topological polar surface area (TPSA) is 51.8 Å². The molecule has 2 heterocycles. The van der Waals surface area contributed by atoms with Crippen molar-refractivity contribution < 1.29 is 4.42 Å². The zero-order chi connectivity index (χ0) is 11.7. The number of nitrogens with zero attached hydrogens (tertiary/aromatic N) is 3. The Labute approximate surface area is 106 Å².